The summed E-state index contributed by atoms with van der Waals surface area (Å²) in [5.41, 5.74) is 0. The van der Waals surface area contributed by atoms with Gasteiger partial charge in [0.15, 0.2) is 0 Å². The van der Waals surface area contributed by atoms with Crippen LogP contribution in [0.15, 0.2) is 0 Å². The third-order valence-electron chi connectivity index (χ3n) is 1.99. The van der Waals surface area contributed by atoms with Crippen LogP contribution in [0.2, 0.25) is 0 Å². The first-order chi connectivity index (χ1) is 11.3. The molecule has 0 N–H and O–H groups in total. The van der Waals surface area contributed by atoms with E-state index in [1.807, 2.05) is 0 Å². The molecule has 0 atom stereocenters. The molecule has 0 saturated heterocycles. The van der Waals surface area contributed by atoms with E-state index < -0.39 is 3.51 Å². The summed E-state index contributed by atoms with van der Waals surface area (Å²) in [6.45, 7) is 27.8. The van der Waals surface area contributed by atoms with Gasteiger partial charge >= 0.3 is 98.3 Å². The van der Waals surface area contributed by atoms with Crippen molar-refractivity contribution < 1.29 is 12.8 Å². The molecule has 0 spiro atoms. The predicted molar refractivity (Wildman–Crippen MR) is 158 cm³/mol. The van der Waals surface area contributed by atoms with Crippen molar-refractivity contribution in [3.8, 4) is 0 Å². The standard InChI is InChI=1S/2C6H16P2.2CO.4HI.Zr/c2*1-7(2)5-6-8(3)4;2*1-2;;;;;/h2*5-6H2,1-4H3;;;4*1H;/q;;;;;;;;+4/p-4. The molecule has 0 amide bonds. The van der Waals surface area contributed by atoms with Gasteiger partial charge in [0.1, 0.15) is 0 Å². The van der Waals surface area contributed by atoms with Gasteiger partial charge in [0.05, 0.1) is 0 Å². The van der Waals surface area contributed by atoms with E-state index in [2.05, 4.69) is 139 Å². The van der Waals surface area contributed by atoms with Gasteiger partial charge in [-0.15, -0.1) is 31.7 Å². The molecule has 0 saturated carbocycles. The average Bonchev–Trinajstić information content (AvgIpc) is 2.46. The second-order valence-corrected chi connectivity index (χ2v) is 130. The summed E-state index contributed by atoms with van der Waals surface area (Å²) in [4.78, 5) is 0. The van der Waals surface area contributed by atoms with Gasteiger partial charge in [0, 0.05) is 0 Å². The first-order valence-electron chi connectivity index (χ1n) is 7.01. The fraction of sp³-hybridized carbons (Fsp3) is 0.857. The molecule has 0 heterocycles. The maximum atomic E-state index is 7.50. The maximum absolute atomic E-state index is 7.50. The van der Waals surface area contributed by atoms with Crippen molar-refractivity contribution in [1.29, 1.82) is 0 Å². The summed E-state index contributed by atoms with van der Waals surface area (Å²) < 4.78 is 13.7. The van der Waals surface area contributed by atoms with Crippen LogP contribution in [0.3, 0.4) is 0 Å². The van der Waals surface area contributed by atoms with Gasteiger partial charge in [-0.1, -0.05) is 0 Å². The van der Waals surface area contributed by atoms with E-state index in [1.165, 1.54) is 24.6 Å². The first-order valence-corrected chi connectivity index (χ1v) is 45.9. The second kappa shape index (κ2) is 31.2. The van der Waals surface area contributed by atoms with Crippen LogP contribution in [-0.2, 0) is 12.8 Å². The van der Waals surface area contributed by atoms with E-state index in [4.69, 9.17) is 9.30 Å². The molecule has 0 aromatic rings. The van der Waals surface area contributed by atoms with Crippen LogP contribution in [0.1, 0.15) is 0 Å². The van der Waals surface area contributed by atoms with Gasteiger partial charge in [0.25, 0.3) is 0 Å². The predicted octanol–water partition coefficient (Wildman–Crippen LogP) is 8.40. The Morgan fingerprint density at radius 1 is 0.520 bits per heavy atom. The Morgan fingerprint density at radius 3 is 0.640 bits per heavy atom. The van der Waals surface area contributed by atoms with Gasteiger partial charge in [-0.3, -0.25) is 0 Å². The zero-order valence-electron chi connectivity index (χ0n) is 16.4. The monoisotopic (exact) mass is 954 g/mol. The normalized spacial score (nSPS) is 9.76. The number of halogens is 4. The Hall–Kier alpha value is 5.00. The third kappa shape index (κ3) is 94.0. The van der Waals surface area contributed by atoms with Crippen molar-refractivity contribution in [1.82, 2.24) is 0 Å². The van der Waals surface area contributed by atoms with Gasteiger partial charge in [-0.25, -0.2) is 0 Å². The summed E-state index contributed by atoms with van der Waals surface area (Å²) in [5, 5.41) is 0. The Bertz CT molecular complexity index is 243. The molecule has 0 fully saturated rings. The molecule has 2 nitrogen and oxygen atoms in total. The Balaban J connectivity index is -0.0000000740. The van der Waals surface area contributed by atoms with Crippen molar-refractivity contribution in [2.75, 3.05) is 78.0 Å². The Kier molecular flexibility index (Phi) is 50.4. The molecule has 0 rings (SSSR count). The van der Waals surface area contributed by atoms with Crippen molar-refractivity contribution >= 4 is 104 Å². The fourth-order valence-electron chi connectivity index (χ4n) is 0.800. The minimum absolute atomic E-state index is 0.383. The summed E-state index contributed by atoms with van der Waals surface area (Å²) in [7, 11) is 1.53. The summed E-state index contributed by atoms with van der Waals surface area (Å²) in [6, 6.07) is 0. The van der Waals surface area contributed by atoms with Crippen LogP contribution < -0.4 is 0 Å². The Morgan fingerprint density at radius 2 is 0.600 bits per heavy atom. The quantitative estimate of drug-likeness (QED) is 0.111. The molecule has 0 aliphatic heterocycles. The van der Waals surface area contributed by atoms with Crippen LogP contribution in [0, 0.1) is 13.3 Å². The summed E-state index contributed by atoms with van der Waals surface area (Å²) in [6.07, 6.45) is 5.92. The van der Waals surface area contributed by atoms with E-state index in [-0.39, 0.29) is 0 Å². The molecule has 0 aromatic carbocycles. The molecule has 0 aromatic heterocycles. The zero-order valence-corrected chi connectivity index (χ0v) is 31.1. The van der Waals surface area contributed by atoms with Crippen molar-refractivity contribution in [2.24, 2.45) is 0 Å². The van der Waals surface area contributed by atoms with Gasteiger partial charge < -0.3 is 0 Å². The zero-order chi connectivity index (χ0) is 21.6. The number of hydrogen-bond donors (Lipinski definition) is 0. The van der Waals surface area contributed by atoms with E-state index in [0.29, 0.717) is 31.7 Å². The van der Waals surface area contributed by atoms with Gasteiger partial charge in [-0.2, -0.15) is 0 Å². The second-order valence-electron chi connectivity index (χ2n) is 5.64. The van der Waals surface area contributed by atoms with Gasteiger partial charge in [0.2, 0.25) is 0 Å². The van der Waals surface area contributed by atoms with E-state index in [9.17, 15) is 0 Å². The van der Waals surface area contributed by atoms with Crippen LogP contribution in [-0.4, -0.2) is 78.0 Å². The molecule has 0 aliphatic rings. The third-order valence-corrected chi connectivity index (χ3v) is 7.17. The fourth-order valence-corrected chi connectivity index (χ4v) is 7.20. The molecule has 11 heteroatoms. The summed E-state index contributed by atoms with van der Waals surface area (Å²) >= 11 is 10.2. The van der Waals surface area contributed by atoms with Crippen molar-refractivity contribution in [2.45, 2.75) is 0 Å². The van der Waals surface area contributed by atoms with E-state index in [0.717, 1.165) is 0 Å². The van der Waals surface area contributed by atoms with Crippen LogP contribution in [0.25, 0.3) is 0 Å². The first kappa shape index (κ1) is 40.4. The Labute approximate surface area is 204 Å². The SMILES string of the molecule is CP(C)CCP(C)C.CP(C)CCP(C)C.[C-]#[O+].[C-]#[O+].[I][Zr]([I])([I])[I]. The minimum atomic E-state index is -1.30. The molecule has 0 unspecified atom stereocenters. The molecule has 0 aliphatic carbocycles. The number of hydrogen-bond acceptors (Lipinski definition) is 0. The van der Waals surface area contributed by atoms with Crippen molar-refractivity contribution in [3.05, 3.63) is 13.3 Å². The van der Waals surface area contributed by atoms with E-state index >= 15 is 0 Å². The topological polar surface area (TPSA) is 39.8 Å². The molecular formula is C14H32I4O2P4Zr. The van der Waals surface area contributed by atoms with Crippen LogP contribution in [0.4, 0.5) is 0 Å². The molecular weight excluding hydrogens is 923 g/mol. The molecule has 152 valence electrons. The van der Waals surface area contributed by atoms with Crippen LogP contribution >= 0.6 is 104 Å². The molecule has 0 radical (unpaired) electrons. The average molecular weight is 955 g/mol. The molecule has 25 heavy (non-hydrogen) atoms. The van der Waals surface area contributed by atoms with Crippen molar-refractivity contribution in [3.63, 3.8) is 0 Å². The van der Waals surface area contributed by atoms with Gasteiger partial charge in [-0.05, 0) is 78.0 Å². The number of rotatable bonds is 6. The van der Waals surface area contributed by atoms with E-state index in [1.54, 1.807) is 0 Å². The van der Waals surface area contributed by atoms with Crippen LogP contribution in [0.5, 0.6) is 0 Å². The molecule has 0 bridgehead atoms. The summed E-state index contributed by atoms with van der Waals surface area (Å²) in [5.74, 6) is 0.